The predicted molar refractivity (Wildman–Crippen MR) is 111 cm³/mol. The van der Waals surface area contributed by atoms with Gasteiger partial charge in [-0.1, -0.05) is 25.1 Å². The number of hydrogen-bond acceptors (Lipinski definition) is 6. The van der Waals surface area contributed by atoms with Crippen molar-refractivity contribution in [3.63, 3.8) is 0 Å². The Kier molecular flexibility index (Phi) is 6.48. The number of nitrogens with two attached hydrogens (primary N) is 1. The molecule has 152 valence electrons. The Labute approximate surface area is 165 Å². The number of hydrogen-bond donors (Lipinski definition) is 2. The summed E-state index contributed by atoms with van der Waals surface area (Å²) in [5.74, 6) is 1.11. The summed E-state index contributed by atoms with van der Waals surface area (Å²) in [6.45, 7) is 3.24. The number of aromatic nitrogens is 3. The van der Waals surface area contributed by atoms with Crippen LogP contribution in [0.1, 0.15) is 32.0 Å². The molecule has 2 aromatic heterocycles. The Morgan fingerprint density at radius 2 is 2.00 bits per heavy atom. The number of aryl methyl sites for hydroxylation is 2. The van der Waals surface area contributed by atoms with Gasteiger partial charge in [0.05, 0.1) is 11.0 Å². The highest BCUT2D eigenvalue weighted by molar-refractivity contribution is 7.89. The van der Waals surface area contributed by atoms with Crippen LogP contribution in [0.4, 0.5) is 5.82 Å². The second kappa shape index (κ2) is 8.85. The van der Waals surface area contributed by atoms with Gasteiger partial charge in [0.1, 0.15) is 11.3 Å². The van der Waals surface area contributed by atoms with Gasteiger partial charge in [0.15, 0.2) is 11.8 Å². The van der Waals surface area contributed by atoms with E-state index in [-0.39, 0.29) is 5.94 Å². The zero-order chi connectivity index (χ0) is 20.1. The molecule has 9 heteroatoms. The molecule has 0 aliphatic rings. The van der Waals surface area contributed by atoms with Gasteiger partial charge < -0.3 is 15.0 Å². The monoisotopic (exact) mass is 405 g/mol. The summed E-state index contributed by atoms with van der Waals surface area (Å²) < 4.78 is 32.7. The summed E-state index contributed by atoms with van der Waals surface area (Å²) in [6, 6.07) is 7.92. The number of unbranched alkanes of at least 4 members (excludes halogenated alkanes) is 1. The van der Waals surface area contributed by atoms with E-state index in [1.165, 1.54) is 7.11 Å². The fraction of sp³-hybridized carbons (Fsp3) is 0.474. The molecule has 3 aromatic rings. The van der Waals surface area contributed by atoms with Gasteiger partial charge in [-0.3, -0.25) is 0 Å². The third kappa shape index (κ3) is 4.43. The summed E-state index contributed by atoms with van der Waals surface area (Å²) >= 11 is 0. The number of para-hydroxylation sites is 1. The molecular weight excluding hydrogens is 378 g/mol. The number of ether oxygens (including phenoxy) is 1. The molecule has 28 heavy (non-hydrogen) atoms. The topological polar surface area (TPSA) is 112 Å². The predicted octanol–water partition coefficient (Wildman–Crippen LogP) is 2.42. The Morgan fingerprint density at radius 3 is 2.75 bits per heavy atom. The minimum Gasteiger partial charge on any atom is -0.382 e. The second-order valence-electron chi connectivity index (χ2n) is 6.76. The molecule has 0 saturated carbocycles. The zero-order valence-electron chi connectivity index (χ0n) is 16.3. The number of nitrogen functional groups attached to an aromatic ring is 1. The molecule has 0 fully saturated rings. The quantitative estimate of drug-likeness (QED) is 0.501. The van der Waals surface area contributed by atoms with E-state index in [2.05, 4.69) is 25.9 Å². The van der Waals surface area contributed by atoms with Crippen LogP contribution in [0, 0.1) is 0 Å². The van der Waals surface area contributed by atoms with Crippen LogP contribution >= 0.6 is 0 Å². The number of imidazole rings is 1. The molecule has 3 N–H and O–H groups in total. The number of pyridine rings is 1. The smallest absolute Gasteiger partial charge is 0.235 e. The summed E-state index contributed by atoms with van der Waals surface area (Å²) in [6.07, 6.45) is 3.36. The molecule has 1 aromatic carbocycles. The fourth-order valence-electron chi connectivity index (χ4n) is 3.38. The molecule has 0 saturated heterocycles. The Bertz CT molecular complexity index is 1060. The lowest BCUT2D eigenvalue weighted by Gasteiger charge is -2.11. The molecule has 0 unspecified atom stereocenters. The van der Waals surface area contributed by atoms with Crippen LogP contribution < -0.4 is 10.5 Å². The Hall–Kier alpha value is -2.23. The maximum absolute atomic E-state index is 11.6. The van der Waals surface area contributed by atoms with Crippen LogP contribution in [0.3, 0.4) is 0 Å². The van der Waals surface area contributed by atoms with Crippen molar-refractivity contribution in [2.75, 3.05) is 25.3 Å². The van der Waals surface area contributed by atoms with Crippen LogP contribution in [-0.4, -0.2) is 42.5 Å². The largest absolute Gasteiger partial charge is 0.382 e. The van der Waals surface area contributed by atoms with Gasteiger partial charge in [-0.25, -0.2) is 23.1 Å². The standard InChI is InChI=1S/C19H27N5O3S/c1-3-8-16-23-17-18(14-9-4-5-10-15(14)22-19(17)20)24(16)12-7-6-11-21-28(25,26)13-27-2/h4-5,9-10,21H,3,6-8,11-13H2,1-2H3,(H2,20,22). The number of sulfonamides is 1. The number of methoxy groups -OCH3 is 1. The lowest BCUT2D eigenvalue weighted by molar-refractivity contribution is 0.248. The first-order chi connectivity index (χ1) is 13.5. The molecule has 8 nitrogen and oxygen atoms in total. The maximum Gasteiger partial charge on any atom is 0.235 e. The van der Waals surface area contributed by atoms with Crippen molar-refractivity contribution >= 4 is 37.8 Å². The summed E-state index contributed by atoms with van der Waals surface area (Å²) in [5, 5.41) is 1.03. The third-order valence-electron chi connectivity index (χ3n) is 4.57. The van der Waals surface area contributed by atoms with Gasteiger partial charge in [-0.05, 0) is 25.3 Å². The highest BCUT2D eigenvalue weighted by Crippen LogP contribution is 2.29. The first-order valence-electron chi connectivity index (χ1n) is 9.46. The van der Waals surface area contributed by atoms with Gasteiger partial charge in [-0.15, -0.1) is 0 Å². The van der Waals surface area contributed by atoms with Crippen LogP contribution in [0.15, 0.2) is 24.3 Å². The highest BCUT2D eigenvalue weighted by atomic mass is 32.2. The van der Waals surface area contributed by atoms with Crippen molar-refractivity contribution in [1.29, 1.82) is 0 Å². The average molecular weight is 406 g/mol. The van der Waals surface area contributed by atoms with E-state index in [9.17, 15) is 8.42 Å². The van der Waals surface area contributed by atoms with Gasteiger partial charge in [0.25, 0.3) is 0 Å². The molecule has 0 aliphatic carbocycles. The Morgan fingerprint density at radius 1 is 1.21 bits per heavy atom. The number of rotatable bonds is 10. The van der Waals surface area contributed by atoms with Crippen molar-refractivity contribution < 1.29 is 13.2 Å². The molecule has 0 aliphatic heterocycles. The molecule has 3 rings (SSSR count). The molecule has 0 bridgehead atoms. The van der Waals surface area contributed by atoms with Gasteiger partial charge in [-0.2, -0.15) is 0 Å². The van der Waals surface area contributed by atoms with Gasteiger partial charge in [0.2, 0.25) is 10.0 Å². The molecule has 2 heterocycles. The van der Waals surface area contributed by atoms with Crippen molar-refractivity contribution in [1.82, 2.24) is 19.3 Å². The molecular formula is C19H27N5O3S. The van der Waals surface area contributed by atoms with Gasteiger partial charge in [0, 0.05) is 32.0 Å². The first kappa shape index (κ1) is 20.5. The summed E-state index contributed by atoms with van der Waals surface area (Å²) in [5.41, 5.74) is 8.77. The van der Waals surface area contributed by atoms with Crippen molar-refractivity contribution in [2.45, 2.75) is 39.2 Å². The van der Waals surface area contributed by atoms with Crippen molar-refractivity contribution in [3.05, 3.63) is 30.1 Å². The molecule has 0 atom stereocenters. The Balaban J connectivity index is 1.84. The molecule has 0 radical (unpaired) electrons. The zero-order valence-corrected chi connectivity index (χ0v) is 17.1. The van der Waals surface area contributed by atoms with E-state index < -0.39 is 10.0 Å². The minimum atomic E-state index is -3.37. The van der Waals surface area contributed by atoms with E-state index in [0.717, 1.165) is 53.6 Å². The van der Waals surface area contributed by atoms with Crippen LogP contribution in [0.25, 0.3) is 21.9 Å². The van der Waals surface area contributed by atoms with Crippen LogP contribution in [0.5, 0.6) is 0 Å². The number of benzene rings is 1. The number of nitrogens with zero attached hydrogens (tertiary/aromatic N) is 3. The van der Waals surface area contributed by atoms with E-state index in [0.29, 0.717) is 18.8 Å². The number of fused-ring (bicyclic) bond motifs is 3. The fourth-order valence-corrected chi connectivity index (χ4v) is 4.23. The normalized spacial score (nSPS) is 12.2. The first-order valence-corrected chi connectivity index (χ1v) is 11.1. The third-order valence-corrected chi connectivity index (χ3v) is 5.76. The van der Waals surface area contributed by atoms with Crippen molar-refractivity contribution in [3.8, 4) is 0 Å². The molecule has 0 amide bonds. The average Bonchev–Trinajstić information content (AvgIpc) is 3.01. The van der Waals surface area contributed by atoms with E-state index in [4.69, 9.17) is 10.7 Å². The SMILES string of the molecule is CCCc1nc2c(N)nc3ccccc3c2n1CCCCNS(=O)(=O)COC. The molecule has 0 spiro atoms. The summed E-state index contributed by atoms with van der Waals surface area (Å²) in [7, 11) is -2.00. The van der Waals surface area contributed by atoms with Crippen molar-refractivity contribution in [2.24, 2.45) is 0 Å². The minimum absolute atomic E-state index is 0.321. The summed E-state index contributed by atoms with van der Waals surface area (Å²) in [4.78, 5) is 9.25. The van der Waals surface area contributed by atoms with E-state index in [1.807, 2.05) is 24.3 Å². The van der Waals surface area contributed by atoms with Crippen LogP contribution in [-0.2, 0) is 27.7 Å². The maximum atomic E-state index is 11.6. The second-order valence-corrected chi connectivity index (χ2v) is 8.52. The van der Waals surface area contributed by atoms with Crippen LogP contribution in [0.2, 0.25) is 0 Å². The number of anilines is 1. The number of nitrogens with one attached hydrogen (secondary N) is 1. The lowest BCUT2D eigenvalue weighted by atomic mass is 10.2. The lowest BCUT2D eigenvalue weighted by Crippen LogP contribution is -2.28. The van der Waals surface area contributed by atoms with E-state index >= 15 is 0 Å². The highest BCUT2D eigenvalue weighted by Gasteiger charge is 2.16. The van der Waals surface area contributed by atoms with E-state index in [1.54, 1.807) is 0 Å². The van der Waals surface area contributed by atoms with Gasteiger partial charge >= 0.3 is 0 Å².